The lowest BCUT2D eigenvalue weighted by molar-refractivity contribution is -0.133. The van der Waals surface area contributed by atoms with Gasteiger partial charge in [-0.2, -0.15) is 9.98 Å². The predicted molar refractivity (Wildman–Crippen MR) is 122 cm³/mol. The number of nitrogens with one attached hydrogen (secondary N) is 2. The number of piperazine rings is 1. The molecule has 1 heterocycles. The lowest BCUT2D eigenvalue weighted by Gasteiger charge is -2.31. The van der Waals surface area contributed by atoms with Crippen LogP contribution in [-0.4, -0.2) is 51.4 Å². The van der Waals surface area contributed by atoms with Crippen molar-refractivity contribution in [3.8, 4) is 6.07 Å². The quantitative estimate of drug-likeness (QED) is 0.601. The van der Waals surface area contributed by atoms with Gasteiger partial charge in [-0.05, 0) is 47.0 Å². The van der Waals surface area contributed by atoms with E-state index in [0.29, 0.717) is 31.7 Å². The van der Waals surface area contributed by atoms with Crippen LogP contribution < -0.4 is 10.0 Å². The van der Waals surface area contributed by atoms with Crippen molar-refractivity contribution in [1.29, 1.82) is 5.26 Å². The van der Waals surface area contributed by atoms with E-state index >= 15 is 0 Å². The Labute approximate surface area is 187 Å². The number of hydrogen-bond acceptors (Lipinski definition) is 5. The van der Waals surface area contributed by atoms with E-state index in [1.165, 1.54) is 0 Å². The zero-order valence-corrected chi connectivity index (χ0v) is 18.3. The number of nitriles is 1. The first-order valence-electron chi connectivity index (χ1n) is 10.5. The maximum atomic E-state index is 13.3. The Balaban J connectivity index is 1.64. The van der Waals surface area contributed by atoms with Gasteiger partial charge in [0, 0.05) is 26.2 Å². The van der Waals surface area contributed by atoms with Gasteiger partial charge < -0.3 is 10.2 Å². The second-order valence-corrected chi connectivity index (χ2v) is 9.49. The molecule has 0 bridgehead atoms. The normalized spacial score (nSPS) is 15.3. The van der Waals surface area contributed by atoms with Crippen molar-refractivity contribution in [2.45, 2.75) is 17.4 Å². The van der Waals surface area contributed by atoms with Crippen LogP contribution in [0.25, 0.3) is 10.8 Å². The van der Waals surface area contributed by atoms with Gasteiger partial charge in [-0.1, -0.05) is 42.5 Å². The summed E-state index contributed by atoms with van der Waals surface area (Å²) in [6, 6.07) is 20.4. The monoisotopic (exact) mass is 448 g/mol. The molecule has 3 aromatic carbocycles. The van der Waals surface area contributed by atoms with E-state index in [-0.39, 0.29) is 17.2 Å². The fourth-order valence-corrected chi connectivity index (χ4v) is 5.10. The molecule has 32 heavy (non-hydrogen) atoms. The van der Waals surface area contributed by atoms with Crippen LogP contribution in [0.1, 0.15) is 11.1 Å². The molecule has 4 rings (SSSR count). The Morgan fingerprint density at radius 3 is 2.53 bits per heavy atom. The zero-order chi connectivity index (χ0) is 22.6. The fraction of sp³-hybridized carbons (Fsp3) is 0.250. The van der Waals surface area contributed by atoms with E-state index in [1.807, 2.05) is 24.3 Å². The highest BCUT2D eigenvalue weighted by atomic mass is 32.2. The highest BCUT2D eigenvalue weighted by Crippen LogP contribution is 2.20. The highest BCUT2D eigenvalue weighted by molar-refractivity contribution is 7.89. The van der Waals surface area contributed by atoms with Gasteiger partial charge in [0.25, 0.3) is 0 Å². The molecule has 164 valence electrons. The minimum absolute atomic E-state index is 0.111. The molecule has 1 fully saturated rings. The number of hydrogen-bond donors (Lipinski definition) is 2. The number of amides is 1. The molecule has 2 N–H and O–H groups in total. The maximum Gasteiger partial charge on any atom is 0.241 e. The van der Waals surface area contributed by atoms with Crippen LogP contribution in [0.3, 0.4) is 0 Å². The number of nitrogens with zero attached hydrogens (tertiary/aromatic N) is 2. The summed E-state index contributed by atoms with van der Waals surface area (Å²) in [4.78, 5) is 15.1. The van der Waals surface area contributed by atoms with Crippen molar-refractivity contribution < 1.29 is 13.2 Å². The van der Waals surface area contributed by atoms with Crippen LogP contribution in [0.2, 0.25) is 0 Å². The number of benzene rings is 3. The first-order chi connectivity index (χ1) is 15.5. The molecule has 0 aromatic heterocycles. The predicted octanol–water partition coefficient (Wildman–Crippen LogP) is 2.03. The number of carbonyl (C=O) groups is 1. The number of fused-ring (bicyclic) bond motifs is 1. The molecule has 0 unspecified atom stereocenters. The molecule has 0 aliphatic carbocycles. The third-order valence-electron chi connectivity index (χ3n) is 5.55. The van der Waals surface area contributed by atoms with Crippen LogP contribution in [-0.2, 0) is 21.2 Å². The summed E-state index contributed by atoms with van der Waals surface area (Å²) < 4.78 is 29.1. The lowest BCUT2D eigenvalue weighted by Crippen LogP contribution is -2.54. The smallest absolute Gasteiger partial charge is 0.241 e. The van der Waals surface area contributed by atoms with Crippen LogP contribution in [0, 0.1) is 11.3 Å². The third kappa shape index (κ3) is 4.97. The second-order valence-electron chi connectivity index (χ2n) is 7.77. The molecule has 1 amide bonds. The Kier molecular flexibility index (Phi) is 6.51. The van der Waals surface area contributed by atoms with Gasteiger partial charge in [-0.25, -0.2) is 8.42 Å². The van der Waals surface area contributed by atoms with Crippen molar-refractivity contribution in [1.82, 2.24) is 14.9 Å². The average molecular weight is 449 g/mol. The van der Waals surface area contributed by atoms with Gasteiger partial charge >= 0.3 is 0 Å². The molecular weight excluding hydrogens is 424 g/mol. The highest BCUT2D eigenvalue weighted by Gasteiger charge is 2.30. The summed E-state index contributed by atoms with van der Waals surface area (Å²) in [6.45, 7) is 2.37. The Morgan fingerprint density at radius 1 is 1.03 bits per heavy atom. The number of carbonyl (C=O) groups excluding carboxylic acids is 1. The van der Waals surface area contributed by atoms with Crippen molar-refractivity contribution in [2.75, 3.05) is 26.2 Å². The average Bonchev–Trinajstić information content (AvgIpc) is 2.83. The van der Waals surface area contributed by atoms with E-state index in [0.717, 1.165) is 16.3 Å². The summed E-state index contributed by atoms with van der Waals surface area (Å²) in [6.07, 6.45) is 0.158. The van der Waals surface area contributed by atoms with E-state index < -0.39 is 16.1 Å². The topological polar surface area (TPSA) is 102 Å². The molecule has 1 atom stereocenters. The number of rotatable bonds is 6. The minimum atomic E-state index is -3.95. The van der Waals surface area contributed by atoms with Gasteiger partial charge in [0.05, 0.1) is 16.5 Å². The van der Waals surface area contributed by atoms with E-state index in [1.54, 1.807) is 47.4 Å². The van der Waals surface area contributed by atoms with Gasteiger partial charge in [0.2, 0.25) is 15.9 Å². The molecule has 0 spiro atoms. The third-order valence-corrected chi connectivity index (χ3v) is 7.02. The van der Waals surface area contributed by atoms with Gasteiger partial charge in [-0.15, -0.1) is 0 Å². The number of sulfonamides is 1. The summed E-state index contributed by atoms with van der Waals surface area (Å²) in [5, 5.41) is 14.1. The maximum absolute atomic E-state index is 13.3. The Morgan fingerprint density at radius 2 is 1.78 bits per heavy atom. The first kappa shape index (κ1) is 22.0. The van der Waals surface area contributed by atoms with Gasteiger partial charge in [0.15, 0.2) is 0 Å². The lowest BCUT2D eigenvalue weighted by atomic mass is 10.0. The van der Waals surface area contributed by atoms with Crippen molar-refractivity contribution in [3.05, 3.63) is 77.9 Å². The summed E-state index contributed by atoms with van der Waals surface area (Å²) in [5.41, 5.74) is 1.19. The standard InChI is InChI=1S/C24H24N4O3S/c25-17-19-5-3-4-18(14-19)15-23(24(29)28-12-10-26-11-13-28)27-32(30,31)22-9-8-20-6-1-2-7-21(20)16-22/h1-9,14,16,23,26-27H,10-13,15H2/t23-/m0/s1. The summed E-state index contributed by atoms with van der Waals surface area (Å²) in [7, 11) is -3.95. The van der Waals surface area contributed by atoms with E-state index in [9.17, 15) is 18.5 Å². The van der Waals surface area contributed by atoms with E-state index in [2.05, 4.69) is 16.1 Å². The van der Waals surface area contributed by atoms with Gasteiger partial charge in [0.1, 0.15) is 6.04 Å². The molecule has 0 saturated carbocycles. The molecule has 1 aliphatic heterocycles. The molecule has 3 aromatic rings. The largest absolute Gasteiger partial charge is 0.339 e. The van der Waals surface area contributed by atoms with Crippen LogP contribution in [0.15, 0.2) is 71.6 Å². The van der Waals surface area contributed by atoms with Crippen LogP contribution in [0.4, 0.5) is 0 Å². The molecule has 1 saturated heterocycles. The summed E-state index contributed by atoms with van der Waals surface area (Å²) >= 11 is 0. The van der Waals surface area contributed by atoms with Gasteiger partial charge in [-0.3, -0.25) is 4.79 Å². The SMILES string of the molecule is N#Cc1cccc(C[C@H](NS(=O)(=O)c2ccc3ccccc3c2)C(=O)N2CCNCC2)c1. The molecule has 8 heteroatoms. The molecular formula is C24H24N4O3S. The first-order valence-corrected chi connectivity index (χ1v) is 11.9. The van der Waals surface area contributed by atoms with Crippen molar-refractivity contribution in [3.63, 3.8) is 0 Å². The fourth-order valence-electron chi connectivity index (χ4n) is 3.88. The van der Waals surface area contributed by atoms with Crippen molar-refractivity contribution >= 4 is 26.7 Å². The van der Waals surface area contributed by atoms with Crippen LogP contribution in [0.5, 0.6) is 0 Å². The molecule has 1 aliphatic rings. The Bertz CT molecular complexity index is 1280. The van der Waals surface area contributed by atoms with Crippen molar-refractivity contribution in [2.24, 2.45) is 0 Å². The van der Waals surface area contributed by atoms with Crippen LogP contribution >= 0.6 is 0 Å². The van der Waals surface area contributed by atoms with E-state index in [4.69, 9.17) is 0 Å². The minimum Gasteiger partial charge on any atom is -0.339 e. The second kappa shape index (κ2) is 9.49. The molecule has 7 nitrogen and oxygen atoms in total. The Hall–Kier alpha value is -3.25. The zero-order valence-electron chi connectivity index (χ0n) is 17.5. The summed E-state index contributed by atoms with van der Waals surface area (Å²) in [5.74, 6) is -0.266. The molecule has 0 radical (unpaired) electrons.